The van der Waals surface area contributed by atoms with E-state index < -0.39 is 0 Å². The van der Waals surface area contributed by atoms with Gasteiger partial charge in [0.2, 0.25) is 0 Å². The van der Waals surface area contributed by atoms with Crippen molar-refractivity contribution in [1.82, 2.24) is 15.3 Å². The maximum absolute atomic E-state index is 4.20. The molecule has 0 saturated carbocycles. The molecule has 4 aromatic rings. The molecule has 0 bridgehead atoms. The first kappa shape index (κ1) is 14.2. The van der Waals surface area contributed by atoms with Gasteiger partial charge < -0.3 is 10.3 Å². The lowest BCUT2D eigenvalue weighted by Gasteiger charge is -2.25. The summed E-state index contributed by atoms with van der Waals surface area (Å²) < 4.78 is 1.13. The number of rotatable bonds is 1. The Balaban J connectivity index is 1.69. The lowest BCUT2D eigenvalue weighted by Crippen LogP contribution is -2.30. The third kappa shape index (κ3) is 2.18. The van der Waals surface area contributed by atoms with Crippen molar-refractivity contribution in [3.05, 3.63) is 76.2 Å². The summed E-state index contributed by atoms with van der Waals surface area (Å²) in [7, 11) is 0. The van der Waals surface area contributed by atoms with Crippen LogP contribution in [0.15, 0.2) is 59.3 Å². The van der Waals surface area contributed by atoms with Crippen molar-refractivity contribution in [2.45, 2.75) is 12.5 Å². The lowest BCUT2D eigenvalue weighted by atomic mass is 9.93. The van der Waals surface area contributed by atoms with Gasteiger partial charge in [-0.25, -0.2) is 0 Å². The van der Waals surface area contributed by atoms with Crippen LogP contribution in [0.1, 0.15) is 22.9 Å². The van der Waals surface area contributed by atoms with Crippen LogP contribution in [0, 0.1) is 0 Å². The number of aromatic nitrogens is 2. The first-order chi connectivity index (χ1) is 11.8. The fraction of sp³-hybridized carbons (Fsp3) is 0.150. The second-order valence-corrected chi connectivity index (χ2v) is 7.24. The van der Waals surface area contributed by atoms with Gasteiger partial charge in [-0.15, -0.1) is 0 Å². The van der Waals surface area contributed by atoms with Crippen LogP contribution < -0.4 is 5.32 Å². The van der Waals surface area contributed by atoms with Gasteiger partial charge >= 0.3 is 0 Å². The van der Waals surface area contributed by atoms with Crippen molar-refractivity contribution < 1.29 is 0 Å². The lowest BCUT2D eigenvalue weighted by molar-refractivity contribution is 0.561. The molecule has 5 rings (SSSR count). The van der Waals surface area contributed by atoms with E-state index in [-0.39, 0.29) is 6.04 Å². The molecule has 4 heteroatoms. The summed E-state index contributed by atoms with van der Waals surface area (Å²) >= 11 is 3.60. The molecule has 1 aliphatic rings. The average Bonchev–Trinajstić information content (AvgIpc) is 2.99. The van der Waals surface area contributed by atoms with Crippen molar-refractivity contribution in [2.24, 2.45) is 0 Å². The third-order valence-electron chi connectivity index (χ3n) is 4.91. The molecule has 2 aromatic heterocycles. The van der Waals surface area contributed by atoms with Crippen molar-refractivity contribution in [3.8, 4) is 0 Å². The van der Waals surface area contributed by atoms with Crippen LogP contribution in [-0.2, 0) is 6.42 Å². The second kappa shape index (κ2) is 5.43. The molecule has 2 aromatic carbocycles. The first-order valence-electron chi connectivity index (χ1n) is 8.17. The quantitative estimate of drug-likeness (QED) is 0.504. The predicted molar refractivity (Wildman–Crippen MR) is 101 cm³/mol. The van der Waals surface area contributed by atoms with Crippen LogP contribution in [-0.4, -0.2) is 16.5 Å². The van der Waals surface area contributed by atoms with Crippen molar-refractivity contribution in [3.63, 3.8) is 0 Å². The van der Waals surface area contributed by atoms with Crippen LogP contribution in [0.2, 0.25) is 0 Å². The Morgan fingerprint density at radius 3 is 2.96 bits per heavy atom. The standard InChI is InChI=1S/C20H16BrN3/c21-15-3-4-18-17(10-15)16-6-8-23-19(20(16)24-18)13-1-2-14-11-22-7-5-12(14)9-13/h1-5,7,9-11,19,23-24H,6,8H2. The number of nitrogens with one attached hydrogen (secondary N) is 2. The Morgan fingerprint density at radius 2 is 2.00 bits per heavy atom. The molecule has 0 spiro atoms. The number of aromatic amines is 1. The van der Waals surface area contributed by atoms with E-state index in [0.29, 0.717) is 0 Å². The Morgan fingerprint density at radius 1 is 1.04 bits per heavy atom. The van der Waals surface area contributed by atoms with E-state index in [0.717, 1.165) is 17.4 Å². The highest BCUT2D eigenvalue weighted by atomic mass is 79.9. The normalized spacial score (nSPS) is 17.3. The number of pyridine rings is 1. The van der Waals surface area contributed by atoms with Crippen LogP contribution in [0.5, 0.6) is 0 Å². The highest BCUT2D eigenvalue weighted by Gasteiger charge is 2.25. The number of hydrogen-bond acceptors (Lipinski definition) is 2. The smallest absolute Gasteiger partial charge is 0.0732 e. The van der Waals surface area contributed by atoms with Gasteiger partial charge in [-0.05, 0) is 53.3 Å². The Labute approximate surface area is 148 Å². The summed E-state index contributed by atoms with van der Waals surface area (Å²) in [6, 6.07) is 15.4. The van der Waals surface area contributed by atoms with Gasteiger partial charge in [-0.2, -0.15) is 0 Å². The van der Waals surface area contributed by atoms with Crippen LogP contribution >= 0.6 is 15.9 Å². The van der Waals surface area contributed by atoms with E-state index in [9.17, 15) is 0 Å². The van der Waals surface area contributed by atoms with Gasteiger partial charge in [-0.1, -0.05) is 28.1 Å². The number of benzene rings is 2. The minimum absolute atomic E-state index is 0.206. The van der Waals surface area contributed by atoms with E-state index in [4.69, 9.17) is 0 Å². The van der Waals surface area contributed by atoms with Gasteiger partial charge in [0.25, 0.3) is 0 Å². The summed E-state index contributed by atoms with van der Waals surface area (Å²) in [5, 5.41) is 7.41. The average molecular weight is 378 g/mol. The van der Waals surface area contributed by atoms with E-state index in [1.807, 2.05) is 12.4 Å². The van der Waals surface area contributed by atoms with E-state index in [1.54, 1.807) is 0 Å². The zero-order chi connectivity index (χ0) is 16.1. The van der Waals surface area contributed by atoms with Crippen molar-refractivity contribution >= 4 is 37.6 Å². The SMILES string of the molecule is Brc1ccc2[nH]c3c(c2c1)CCNC3c1ccc2cnccc2c1. The number of nitrogens with zero attached hydrogens (tertiary/aromatic N) is 1. The Bertz CT molecular complexity index is 1070. The molecule has 1 unspecified atom stereocenters. The number of H-pyrrole nitrogens is 1. The molecule has 2 N–H and O–H groups in total. The number of hydrogen-bond donors (Lipinski definition) is 2. The van der Waals surface area contributed by atoms with Crippen LogP contribution in [0.4, 0.5) is 0 Å². The third-order valence-corrected chi connectivity index (χ3v) is 5.40. The van der Waals surface area contributed by atoms with E-state index in [1.165, 1.54) is 38.5 Å². The van der Waals surface area contributed by atoms with E-state index >= 15 is 0 Å². The number of halogens is 1. The summed E-state index contributed by atoms with van der Waals surface area (Å²) in [5.74, 6) is 0. The van der Waals surface area contributed by atoms with Crippen LogP contribution in [0.25, 0.3) is 21.7 Å². The van der Waals surface area contributed by atoms with Gasteiger partial charge in [-0.3, -0.25) is 4.98 Å². The maximum atomic E-state index is 4.20. The Kier molecular flexibility index (Phi) is 3.21. The topological polar surface area (TPSA) is 40.7 Å². The molecule has 0 aliphatic carbocycles. The molecule has 0 saturated heterocycles. The minimum atomic E-state index is 0.206. The fourth-order valence-corrected chi connectivity index (χ4v) is 4.13. The largest absolute Gasteiger partial charge is 0.357 e. The first-order valence-corrected chi connectivity index (χ1v) is 8.96. The molecule has 1 aliphatic heterocycles. The zero-order valence-corrected chi connectivity index (χ0v) is 14.6. The van der Waals surface area contributed by atoms with Gasteiger partial charge in [0.05, 0.1) is 6.04 Å². The molecule has 0 radical (unpaired) electrons. The molecule has 1 atom stereocenters. The molecule has 24 heavy (non-hydrogen) atoms. The summed E-state index contributed by atoms with van der Waals surface area (Å²) in [6.45, 7) is 0.992. The molecular formula is C20H16BrN3. The molecular weight excluding hydrogens is 362 g/mol. The summed E-state index contributed by atoms with van der Waals surface area (Å²) in [6.07, 6.45) is 4.82. The van der Waals surface area contributed by atoms with E-state index in [2.05, 4.69) is 73.7 Å². The fourth-order valence-electron chi connectivity index (χ4n) is 3.77. The summed E-state index contributed by atoms with van der Waals surface area (Å²) in [4.78, 5) is 7.85. The zero-order valence-electron chi connectivity index (χ0n) is 13.0. The highest BCUT2D eigenvalue weighted by molar-refractivity contribution is 9.10. The van der Waals surface area contributed by atoms with Gasteiger partial charge in [0.1, 0.15) is 0 Å². The van der Waals surface area contributed by atoms with Gasteiger partial charge in [0, 0.05) is 45.4 Å². The van der Waals surface area contributed by atoms with Gasteiger partial charge in [0.15, 0.2) is 0 Å². The molecule has 118 valence electrons. The number of fused-ring (bicyclic) bond motifs is 4. The van der Waals surface area contributed by atoms with Crippen LogP contribution in [0.3, 0.4) is 0 Å². The second-order valence-electron chi connectivity index (χ2n) is 6.33. The molecule has 0 fully saturated rings. The Hall–Kier alpha value is -2.17. The predicted octanol–water partition coefficient (Wildman–Crippen LogP) is 4.71. The maximum Gasteiger partial charge on any atom is 0.0732 e. The minimum Gasteiger partial charge on any atom is -0.357 e. The summed E-state index contributed by atoms with van der Waals surface area (Å²) in [5.41, 5.74) is 5.23. The molecule has 3 nitrogen and oxygen atoms in total. The van der Waals surface area contributed by atoms with Crippen molar-refractivity contribution in [2.75, 3.05) is 6.54 Å². The molecule has 3 heterocycles. The van der Waals surface area contributed by atoms with Crippen molar-refractivity contribution in [1.29, 1.82) is 0 Å². The monoisotopic (exact) mass is 377 g/mol. The highest BCUT2D eigenvalue weighted by Crippen LogP contribution is 2.35. The molecule has 0 amide bonds.